The molecule has 3 N–H and O–H groups in total. The molecule has 1 aliphatic heterocycles. The lowest BCUT2D eigenvalue weighted by Crippen LogP contribution is -2.58. The first-order chi connectivity index (χ1) is 7.76. The summed E-state index contributed by atoms with van der Waals surface area (Å²) in [5.74, 6) is 0. The van der Waals surface area contributed by atoms with Crippen LogP contribution in [-0.2, 0) is 0 Å². The maximum Gasteiger partial charge on any atom is 0.419 e. The number of carbonyl (C=O) groups excluding carboxylic acids is 1. The number of quaternary nitrogens is 1. The van der Waals surface area contributed by atoms with Crippen molar-refractivity contribution in [2.45, 2.75) is 6.42 Å². The summed E-state index contributed by atoms with van der Waals surface area (Å²) in [4.78, 5) is 11.8. The van der Waals surface area contributed by atoms with Crippen molar-refractivity contribution in [3.63, 3.8) is 0 Å². The van der Waals surface area contributed by atoms with Crippen molar-refractivity contribution in [1.82, 2.24) is 9.80 Å². The first-order valence-corrected chi connectivity index (χ1v) is 5.69. The number of nitrogens with zero attached hydrogens (tertiary/aromatic N) is 1. The topological polar surface area (TPSA) is 55.1 Å². The highest BCUT2D eigenvalue weighted by Crippen LogP contribution is 2.23. The van der Waals surface area contributed by atoms with Crippen LogP contribution in [0.4, 0.5) is 10.5 Å². The number of primary amides is 1. The molecule has 4 heteroatoms. The van der Waals surface area contributed by atoms with E-state index in [-0.39, 0.29) is 10.5 Å². The van der Waals surface area contributed by atoms with Gasteiger partial charge in [-0.15, -0.1) is 0 Å². The van der Waals surface area contributed by atoms with Gasteiger partial charge in [0.15, 0.2) is 0 Å². The Hall–Kier alpha value is -1.39. The molecule has 0 aromatic heterocycles. The second-order valence-electron chi connectivity index (χ2n) is 4.19. The number of urea groups is 1. The Labute approximate surface area is 95.6 Å². The van der Waals surface area contributed by atoms with Crippen molar-refractivity contribution in [2.24, 2.45) is 5.73 Å². The normalized spacial score (nSPS) is 26.0. The van der Waals surface area contributed by atoms with E-state index in [1.807, 2.05) is 30.3 Å². The third-order valence-electron chi connectivity index (χ3n) is 3.24. The summed E-state index contributed by atoms with van der Waals surface area (Å²) >= 11 is 0. The van der Waals surface area contributed by atoms with Gasteiger partial charge in [0.25, 0.3) is 0 Å². The van der Waals surface area contributed by atoms with Crippen molar-refractivity contribution < 1.29 is 4.79 Å². The summed E-state index contributed by atoms with van der Waals surface area (Å²) in [6.07, 6.45) is 0.970. The number of hydrogen-bond acceptors (Lipinski definition) is 2. The van der Waals surface area contributed by atoms with E-state index in [4.69, 9.17) is 5.73 Å². The fourth-order valence-corrected chi connectivity index (χ4v) is 2.30. The number of amides is 2. The van der Waals surface area contributed by atoms with Crippen LogP contribution in [0.5, 0.6) is 0 Å². The van der Waals surface area contributed by atoms with Crippen LogP contribution in [0.25, 0.3) is 0 Å². The number of nitrogens with one attached hydrogen (secondary N) is 1. The zero-order valence-electron chi connectivity index (χ0n) is 9.36. The van der Waals surface area contributed by atoms with Gasteiger partial charge >= 0.3 is 6.03 Å². The van der Waals surface area contributed by atoms with Crippen LogP contribution in [0.3, 0.4) is 0 Å². The van der Waals surface area contributed by atoms with Crippen LogP contribution >= 0.6 is 0 Å². The van der Waals surface area contributed by atoms with Gasteiger partial charge in [-0.25, -0.2) is 9.28 Å². The summed E-state index contributed by atoms with van der Waals surface area (Å²) in [6.45, 7) is 3.31. The van der Waals surface area contributed by atoms with Crippen LogP contribution in [-0.4, -0.2) is 32.2 Å². The Morgan fingerprint density at radius 1 is 1.19 bits per heavy atom. The lowest BCUT2D eigenvalue weighted by Gasteiger charge is -2.32. The van der Waals surface area contributed by atoms with Crippen LogP contribution in [0.15, 0.2) is 30.3 Å². The van der Waals surface area contributed by atoms with Crippen molar-refractivity contribution in [1.29, 1.82) is 0 Å². The van der Waals surface area contributed by atoms with Gasteiger partial charge in [-0.05, 0) is 12.1 Å². The van der Waals surface area contributed by atoms with Crippen LogP contribution < -0.4 is 15.5 Å². The predicted octanol–water partition coefficient (Wildman–Crippen LogP) is 1.07. The summed E-state index contributed by atoms with van der Waals surface area (Å²) < 4.78 is 0.272. The van der Waals surface area contributed by atoms with Crippen molar-refractivity contribution in [2.75, 3.05) is 26.2 Å². The second-order valence-corrected chi connectivity index (χ2v) is 4.19. The lowest BCUT2D eigenvalue weighted by molar-refractivity contribution is 0.211. The second kappa shape index (κ2) is 4.63. The van der Waals surface area contributed by atoms with E-state index in [0.717, 1.165) is 38.3 Å². The van der Waals surface area contributed by atoms with E-state index in [1.54, 1.807) is 0 Å². The third kappa shape index (κ3) is 1.94. The number of benzene rings is 1. The van der Waals surface area contributed by atoms with Crippen LogP contribution in [0.1, 0.15) is 6.42 Å². The van der Waals surface area contributed by atoms with Gasteiger partial charge in [0.1, 0.15) is 12.2 Å². The fourth-order valence-electron chi connectivity index (χ4n) is 2.30. The number of hydrogen-bond donors (Lipinski definition) is 2. The zero-order chi connectivity index (χ0) is 11.4. The molecule has 0 saturated carbocycles. The largest absolute Gasteiger partial charge is 0.419 e. The minimum atomic E-state index is -0.255. The van der Waals surface area contributed by atoms with Gasteiger partial charge in [-0.1, -0.05) is 18.2 Å². The van der Waals surface area contributed by atoms with Gasteiger partial charge in [0.2, 0.25) is 0 Å². The number of rotatable bonds is 1. The molecule has 16 heavy (non-hydrogen) atoms. The highest BCUT2D eigenvalue weighted by atomic mass is 16.2. The lowest BCUT2D eigenvalue weighted by atomic mass is 10.2. The highest BCUT2D eigenvalue weighted by molar-refractivity contribution is 5.85. The molecule has 1 aliphatic rings. The first kappa shape index (κ1) is 11.1. The smallest absolute Gasteiger partial charge is 0.319 e. The molecule has 1 saturated heterocycles. The summed E-state index contributed by atoms with van der Waals surface area (Å²) in [5, 5.41) is 3.30. The number of carbonyl (C=O) groups is 1. The van der Waals surface area contributed by atoms with Gasteiger partial charge in [0.05, 0.1) is 6.54 Å². The molecule has 0 radical (unpaired) electrons. The molecule has 1 heterocycles. The van der Waals surface area contributed by atoms with E-state index in [1.165, 1.54) is 0 Å². The van der Waals surface area contributed by atoms with Gasteiger partial charge < -0.3 is 11.1 Å². The molecule has 1 aromatic carbocycles. The third-order valence-corrected chi connectivity index (χ3v) is 3.24. The molecule has 86 valence electrons. The molecule has 1 aromatic rings. The Bertz CT molecular complexity index is 356. The van der Waals surface area contributed by atoms with Crippen molar-refractivity contribution in [3.8, 4) is 0 Å². The van der Waals surface area contributed by atoms with Gasteiger partial charge in [0, 0.05) is 19.5 Å². The molecule has 1 fully saturated rings. The standard InChI is InChI=1S/C12H17N3O/c13-12(16)15(9-4-7-14-8-10-15)11-5-2-1-3-6-11/h1-3,5-6,14H,4,7-10H2,(H-,13,16)/p+1. The quantitative estimate of drug-likeness (QED) is 0.695. The molecule has 2 rings (SSSR count). The minimum absolute atomic E-state index is 0.255. The molecular formula is C12H18N3O+. The molecule has 1 atom stereocenters. The molecule has 0 spiro atoms. The zero-order valence-corrected chi connectivity index (χ0v) is 9.36. The average Bonchev–Trinajstić information content (AvgIpc) is 2.56. The van der Waals surface area contributed by atoms with E-state index >= 15 is 0 Å². The first-order valence-electron chi connectivity index (χ1n) is 5.69. The van der Waals surface area contributed by atoms with E-state index in [0.29, 0.717) is 0 Å². The molecular weight excluding hydrogens is 202 g/mol. The van der Waals surface area contributed by atoms with Crippen LogP contribution in [0.2, 0.25) is 0 Å². The molecule has 1 unspecified atom stereocenters. The SMILES string of the molecule is NC(=O)[N+]1(c2ccccc2)CCCNCC1. The Kier molecular flexibility index (Phi) is 3.22. The predicted molar refractivity (Wildman–Crippen MR) is 65.0 cm³/mol. The Morgan fingerprint density at radius 3 is 2.62 bits per heavy atom. The van der Waals surface area contributed by atoms with E-state index in [2.05, 4.69) is 5.32 Å². The van der Waals surface area contributed by atoms with Gasteiger partial charge in [-0.2, -0.15) is 0 Å². The Balaban J connectivity index is 2.38. The van der Waals surface area contributed by atoms with Crippen LogP contribution in [0, 0.1) is 0 Å². The number of para-hydroxylation sites is 1. The molecule has 4 nitrogen and oxygen atoms in total. The summed E-state index contributed by atoms with van der Waals surface area (Å²) in [7, 11) is 0. The average molecular weight is 220 g/mol. The molecule has 0 aliphatic carbocycles. The summed E-state index contributed by atoms with van der Waals surface area (Å²) in [5.41, 5.74) is 6.61. The fraction of sp³-hybridized carbons (Fsp3) is 0.417. The maximum absolute atomic E-state index is 11.8. The Morgan fingerprint density at radius 2 is 1.94 bits per heavy atom. The number of nitrogens with two attached hydrogens (primary N) is 1. The van der Waals surface area contributed by atoms with E-state index in [9.17, 15) is 4.79 Å². The summed E-state index contributed by atoms with van der Waals surface area (Å²) in [6, 6.07) is 9.58. The van der Waals surface area contributed by atoms with E-state index < -0.39 is 0 Å². The highest BCUT2D eigenvalue weighted by Gasteiger charge is 2.37. The van der Waals surface area contributed by atoms with Gasteiger partial charge in [-0.3, -0.25) is 0 Å². The maximum atomic E-state index is 11.8. The molecule has 0 bridgehead atoms. The van der Waals surface area contributed by atoms with Crippen molar-refractivity contribution in [3.05, 3.63) is 30.3 Å². The van der Waals surface area contributed by atoms with Crippen molar-refractivity contribution >= 4 is 11.7 Å². The minimum Gasteiger partial charge on any atom is -0.319 e. The molecule has 2 amide bonds. The monoisotopic (exact) mass is 220 g/mol.